The molecule has 4 aromatic rings. The van der Waals surface area contributed by atoms with Gasteiger partial charge in [-0.1, -0.05) is 60.7 Å². The quantitative estimate of drug-likeness (QED) is 0.499. The first kappa shape index (κ1) is 15.3. The average molecular weight is 324 g/mol. The zero-order chi connectivity index (χ0) is 16.9. The number of benzene rings is 2. The lowest BCUT2D eigenvalue weighted by Gasteiger charge is -2.01. The van der Waals surface area contributed by atoms with E-state index in [1.165, 1.54) is 22.3 Å². The molecule has 0 saturated carbocycles. The Morgan fingerprint density at radius 3 is 1.08 bits per heavy atom. The SMILES string of the molecule is c1ccc(-c2cc[n+](C[n+]3ccc(-c4ccccc4)cc3)cc2)cc1. The van der Waals surface area contributed by atoms with Gasteiger partial charge in [0, 0.05) is 24.3 Å². The zero-order valence-corrected chi connectivity index (χ0v) is 14.0. The lowest BCUT2D eigenvalue weighted by atomic mass is 10.1. The van der Waals surface area contributed by atoms with Gasteiger partial charge in [0.1, 0.15) is 0 Å². The van der Waals surface area contributed by atoms with Gasteiger partial charge in [0.15, 0.2) is 24.8 Å². The molecule has 0 atom stereocenters. The largest absolute Gasteiger partial charge is 0.343 e. The van der Waals surface area contributed by atoms with Crippen LogP contribution in [-0.2, 0) is 6.67 Å². The first-order chi connectivity index (χ1) is 12.4. The molecule has 0 N–H and O–H groups in total. The Balaban J connectivity index is 1.49. The van der Waals surface area contributed by atoms with Crippen molar-refractivity contribution in [3.63, 3.8) is 0 Å². The highest BCUT2D eigenvalue weighted by atomic mass is 15.1. The second-order valence-corrected chi connectivity index (χ2v) is 6.08. The third-order valence-electron chi connectivity index (χ3n) is 4.32. The van der Waals surface area contributed by atoms with E-state index in [1.54, 1.807) is 0 Å². The Morgan fingerprint density at radius 2 is 0.720 bits per heavy atom. The van der Waals surface area contributed by atoms with E-state index < -0.39 is 0 Å². The molecule has 0 fully saturated rings. The van der Waals surface area contributed by atoms with E-state index in [4.69, 9.17) is 0 Å². The number of aromatic nitrogens is 2. The van der Waals surface area contributed by atoms with Crippen molar-refractivity contribution in [2.45, 2.75) is 6.67 Å². The fraction of sp³-hybridized carbons (Fsp3) is 0.0435. The third kappa shape index (κ3) is 3.64. The highest BCUT2D eigenvalue weighted by Gasteiger charge is 2.09. The molecule has 0 spiro atoms. The van der Waals surface area contributed by atoms with Crippen LogP contribution < -0.4 is 9.13 Å². The summed E-state index contributed by atoms with van der Waals surface area (Å²) in [6, 6.07) is 29.6. The van der Waals surface area contributed by atoms with Gasteiger partial charge in [0.05, 0.1) is 0 Å². The highest BCUT2D eigenvalue weighted by molar-refractivity contribution is 5.62. The van der Waals surface area contributed by atoms with Gasteiger partial charge in [-0.05, 0) is 22.3 Å². The van der Waals surface area contributed by atoms with Crippen molar-refractivity contribution in [2.24, 2.45) is 0 Å². The predicted molar refractivity (Wildman–Crippen MR) is 99.5 cm³/mol. The monoisotopic (exact) mass is 324 g/mol. The van der Waals surface area contributed by atoms with Crippen molar-refractivity contribution in [3.8, 4) is 22.3 Å². The number of hydrogen-bond acceptors (Lipinski definition) is 0. The average Bonchev–Trinajstić information content (AvgIpc) is 2.71. The van der Waals surface area contributed by atoms with E-state index in [2.05, 4.69) is 107 Å². The Hall–Kier alpha value is -3.26. The van der Waals surface area contributed by atoms with E-state index >= 15 is 0 Å². The minimum absolute atomic E-state index is 0.796. The maximum absolute atomic E-state index is 2.18. The van der Waals surface area contributed by atoms with Crippen molar-refractivity contribution >= 4 is 0 Å². The minimum atomic E-state index is 0.796. The molecule has 25 heavy (non-hydrogen) atoms. The normalized spacial score (nSPS) is 10.6. The second kappa shape index (κ2) is 7.10. The Labute approximate surface area is 148 Å². The molecule has 0 amide bonds. The lowest BCUT2D eigenvalue weighted by molar-refractivity contribution is -0.913. The van der Waals surface area contributed by atoms with Crippen molar-refractivity contribution in [1.82, 2.24) is 0 Å². The molecule has 2 heteroatoms. The van der Waals surface area contributed by atoms with Gasteiger partial charge in [0.25, 0.3) is 0 Å². The molecule has 2 aromatic carbocycles. The molecule has 2 nitrogen and oxygen atoms in total. The lowest BCUT2D eigenvalue weighted by Crippen LogP contribution is -2.50. The van der Waals surface area contributed by atoms with Crippen molar-refractivity contribution in [3.05, 3.63) is 110 Å². The van der Waals surface area contributed by atoms with E-state index in [0.717, 1.165) is 6.67 Å². The molecule has 0 unspecified atom stereocenters. The summed E-state index contributed by atoms with van der Waals surface area (Å²) in [4.78, 5) is 0. The molecular weight excluding hydrogens is 304 g/mol. The minimum Gasteiger partial charge on any atom is -0.147 e. The van der Waals surface area contributed by atoms with Crippen LogP contribution in [0.3, 0.4) is 0 Å². The van der Waals surface area contributed by atoms with Gasteiger partial charge >= 0.3 is 6.67 Å². The number of rotatable bonds is 4. The summed E-state index contributed by atoms with van der Waals surface area (Å²) in [7, 11) is 0. The third-order valence-corrected chi connectivity index (χ3v) is 4.32. The van der Waals surface area contributed by atoms with Crippen LogP contribution in [0.2, 0.25) is 0 Å². The second-order valence-electron chi connectivity index (χ2n) is 6.08. The van der Waals surface area contributed by atoms with Crippen LogP contribution in [0.1, 0.15) is 0 Å². The van der Waals surface area contributed by atoms with E-state index in [-0.39, 0.29) is 0 Å². The molecule has 0 saturated heterocycles. The van der Waals surface area contributed by atoms with Crippen molar-refractivity contribution in [2.75, 3.05) is 0 Å². The molecule has 0 aliphatic carbocycles. The van der Waals surface area contributed by atoms with Crippen LogP contribution in [0.5, 0.6) is 0 Å². The summed E-state index contributed by atoms with van der Waals surface area (Å²) in [6.07, 6.45) is 8.50. The zero-order valence-electron chi connectivity index (χ0n) is 14.0. The fourth-order valence-corrected chi connectivity index (χ4v) is 2.94. The molecule has 2 heterocycles. The van der Waals surface area contributed by atoms with Crippen LogP contribution in [0.25, 0.3) is 22.3 Å². The predicted octanol–water partition coefficient (Wildman–Crippen LogP) is 4.10. The van der Waals surface area contributed by atoms with E-state index in [9.17, 15) is 0 Å². The molecular formula is C23H20N2+2. The van der Waals surface area contributed by atoms with E-state index in [1.807, 2.05) is 12.1 Å². The Kier molecular flexibility index (Phi) is 4.34. The van der Waals surface area contributed by atoms with Gasteiger partial charge in [0.2, 0.25) is 0 Å². The first-order valence-corrected chi connectivity index (χ1v) is 8.47. The molecule has 4 rings (SSSR count). The summed E-state index contributed by atoms with van der Waals surface area (Å²) in [5, 5.41) is 0. The smallest absolute Gasteiger partial charge is 0.147 e. The van der Waals surface area contributed by atoms with Crippen LogP contribution in [0.15, 0.2) is 110 Å². The van der Waals surface area contributed by atoms with Crippen LogP contribution in [-0.4, -0.2) is 0 Å². The summed E-state index contributed by atoms with van der Waals surface area (Å²) in [5.74, 6) is 0. The van der Waals surface area contributed by atoms with Crippen LogP contribution in [0.4, 0.5) is 0 Å². The highest BCUT2D eigenvalue weighted by Crippen LogP contribution is 2.17. The maximum Gasteiger partial charge on any atom is 0.343 e. The van der Waals surface area contributed by atoms with Crippen molar-refractivity contribution < 1.29 is 9.13 Å². The summed E-state index contributed by atoms with van der Waals surface area (Å²) in [5.41, 5.74) is 4.96. The first-order valence-electron chi connectivity index (χ1n) is 8.47. The standard InChI is InChI=1S/C23H20N2/c1-3-7-20(8-4-1)22-11-15-24(16-12-22)19-25-17-13-23(14-18-25)21-9-5-2-6-10-21/h1-18H,19H2/q+2. The van der Waals surface area contributed by atoms with Gasteiger partial charge in [-0.3, -0.25) is 0 Å². The van der Waals surface area contributed by atoms with E-state index in [0.29, 0.717) is 0 Å². The van der Waals surface area contributed by atoms with Crippen LogP contribution >= 0.6 is 0 Å². The molecule has 120 valence electrons. The Morgan fingerprint density at radius 1 is 0.400 bits per heavy atom. The fourth-order valence-electron chi connectivity index (χ4n) is 2.94. The maximum atomic E-state index is 2.18. The van der Waals surface area contributed by atoms with Gasteiger partial charge < -0.3 is 0 Å². The summed E-state index contributed by atoms with van der Waals surface area (Å²) in [6.45, 7) is 0.796. The molecule has 0 aliphatic rings. The molecule has 0 bridgehead atoms. The number of pyridine rings is 2. The molecule has 2 aromatic heterocycles. The molecule has 0 radical (unpaired) electrons. The number of hydrogen-bond donors (Lipinski definition) is 0. The topological polar surface area (TPSA) is 7.76 Å². The Bertz CT molecular complexity index is 848. The summed E-state index contributed by atoms with van der Waals surface area (Å²) < 4.78 is 4.35. The van der Waals surface area contributed by atoms with Crippen LogP contribution in [0, 0.1) is 0 Å². The van der Waals surface area contributed by atoms with Crippen molar-refractivity contribution in [1.29, 1.82) is 0 Å². The van der Waals surface area contributed by atoms with Gasteiger partial charge in [-0.25, -0.2) is 0 Å². The summed E-state index contributed by atoms with van der Waals surface area (Å²) >= 11 is 0. The van der Waals surface area contributed by atoms with Gasteiger partial charge in [-0.15, -0.1) is 9.13 Å². The van der Waals surface area contributed by atoms with Gasteiger partial charge in [-0.2, -0.15) is 0 Å². The molecule has 0 aliphatic heterocycles. The number of nitrogens with zero attached hydrogens (tertiary/aromatic N) is 2.